The highest BCUT2D eigenvalue weighted by Crippen LogP contribution is 1.90. The molecule has 14 heavy (non-hydrogen) atoms. The number of hydrogen-bond acceptors (Lipinski definition) is 2. The van der Waals surface area contributed by atoms with E-state index in [0.29, 0.717) is 6.54 Å². The summed E-state index contributed by atoms with van der Waals surface area (Å²) < 4.78 is 0. The van der Waals surface area contributed by atoms with Gasteiger partial charge in [0.1, 0.15) is 6.04 Å². The first kappa shape index (κ1) is 12.3. The Hall–Kier alpha value is -1.70. The maximum atomic E-state index is 11.3. The molecule has 2 N–H and O–H groups in total. The lowest BCUT2D eigenvalue weighted by molar-refractivity contribution is -0.138. The summed E-state index contributed by atoms with van der Waals surface area (Å²) >= 11 is 0. The molecule has 5 heteroatoms. The maximum Gasteiger partial charge on any atom is 0.325 e. The zero-order valence-corrected chi connectivity index (χ0v) is 8.28. The van der Waals surface area contributed by atoms with Crippen molar-refractivity contribution in [2.45, 2.75) is 19.9 Å². The van der Waals surface area contributed by atoms with Crippen LogP contribution in [0, 0.1) is 12.3 Å². The lowest BCUT2D eigenvalue weighted by atomic mass is 10.3. The number of nitrogens with zero attached hydrogens (tertiary/aromatic N) is 1. The molecule has 2 amide bonds. The van der Waals surface area contributed by atoms with Gasteiger partial charge in [0.05, 0.1) is 6.54 Å². The normalized spacial score (nSPS) is 11.2. The molecule has 0 aromatic rings. The molecule has 0 fully saturated rings. The number of urea groups is 1. The third kappa shape index (κ3) is 3.81. The molecular weight excluding hydrogens is 184 g/mol. The molecule has 0 saturated heterocycles. The number of hydrogen-bond donors (Lipinski definition) is 2. The number of amides is 2. The van der Waals surface area contributed by atoms with Crippen molar-refractivity contribution in [3.8, 4) is 12.3 Å². The zero-order valence-electron chi connectivity index (χ0n) is 8.28. The van der Waals surface area contributed by atoms with E-state index in [-0.39, 0.29) is 6.54 Å². The highest BCUT2D eigenvalue weighted by atomic mass is 16.4. The Kier molecular flexibility index (Phi) is 5.15. The quantitative estimate of drug-likeness (QED) is 0.630. The number of carbonyl (C=O) groups is 2. The van der Waals surface area contributed by atoms with Crippen LogP contribution in [0.4, 0.5) is 4.79 Å². The van der Waals surface area contributed by atoms with Crippen LogP contribution in [0.15, 0.2) is 0 Å². The summed E-state index contributed by atoms with van der Waals surface area (Å²) in [5.41, 5.74) is 0. The van der Waals surface area contributed by atoms with Crippen molar-refractivity contribution in [3.63, 3.8) is 0 Å². The van der Waals surface area contributed by atoms with Crippen LogP contribution < -0.4 is 5.32 Å². The van der Waals surface area contributed by atoms with Crippen LogP contribution in [0.1, 0.15) is 13.8 Å². The number of rotatable bonds is 4. The summed E-state index contributed by atoms with van der Waals surface area (Å²) in [7, 11) is 0. The second-order valence-corrected chi connectivity index (χ2v) is 2.73. The van der Waals surface area contributed by atoms with Gasteiger partial charge in [0, 0.05) is 6.54 Å². The van der Waals surface area contributed by atoms with Crippen LogP contribution in [0.25, 0.3) is 0 Å². The van der Waals surface area contributed by atoms with Crippen molar-refractivity contribution >= 4 is 12.0 Å². The van der Waals surface area contributed by atoms with E-state index < -0.39 is 18.0 Å². The Morgan fingerprint density at radius 3 is 2.57 bits per heavy atom. The van der Waals surface area contributed by atoms with E-state index in [1.165, 1.54) is 11.8 Å². The predicted molar refractivity (Wildman–Crippen MR) is 51.7 cm³/mol. The van der Waals surface area contributed by atoms with E-state index in [2.05, 4.69) is 11.2 Å². The summed E-state index contributed by atoms with van der Waals surface area (Å²) in [4.78, 5) is 23.1. The van der Waals surface area contributed by atoms with E-state index in [0.717, 1.165) is 0 Å². The highest BCUT2D eigenvalue weighted by Gasteiger charge is 2.17. The molecule has 0 rings (SSSR count). The fraction of sp³-hybridized carbons (Fsp3) is 0.556. The van der Waals surface area contributed by atoms with Crippen molar-refractivity contribution in [2.24, 2.45) is 0 Å². The lowest BCUT2D eigenvalue weighted by Crippen LogP contribution is -2.46. The molecule has 0 saturated carbocycles. The third-order valence-electron chi connectivity index (χ3n) is 1.66. The monoisotopic (exact) mass is 198 g/mol. The van der Waals surface area contributed by atoms with Crippen LogP contribution in [0.2, 0.25) is 0 Å². The molecule has 1 atom stereocenters. The molecule has 0 aromatic carbocycles. The molecule has 0 aromatic heterocycles. The van der Waals surface area contributed by atoms with Gasteiger partial charge < -0.3 is 15.3 Å². The molecule has 0 radical (unpaired) electrons. The molecule has 0 heterocycles. The van der Waals surface area contributed by atoms with Crippen LogP contribution in [0.5, 0.6) is 0 Å². The van der Waals surface area contributed by atoms with Crippen molar-refractivity contribution in [3.05, 3.63) is 0 Å². The molecule has 1 unspecified atom stereocenters. The fourth-order valence-corrected chi connectivity index (χ4v) is 0.776. The fourth-order valence-electron chi connectivity index (χ4n) is 0.776. The molecule has 78 valence electrons. The van der Waals surface area contributed by atoms with Crippen molar-refractivity contribution in [2.75, 3.05) is 13.1 Å². The molecule has 5 nitrogen and oxygen atoms in total. The highest BCUT2D eigenvalue weighted by molar-refractivity contribution is 5.82. The van der Waals surface area contributed by atoms with Crippen molar-refractivity contribution in [1.29, 1.82) is 0 Å². The van der Waals surface area contributed by atoms with E-state index >= 15 is 0 Å². The van der Waals surface area contributed by atoms with Gasteiger partial charge in [-0.25, -0.2) is 4.79 Å². The largest absolute Gasteiger partial charge is 0.480 e. The average Bonchev–Trinajstić information content (AvgIpc) is 2.13. The Morgan fingerprint density at radius 1 is 1.64 bits per heavy atom. The molecule has 0 spiro atoms. The minimum atomic E-state index is -1.07. The Labute approximate surface area is 83.1 Å². The molecule has 0 aliphatic rings. The average molecular weight is 198 g/mol. The van der Waals surface area contributed by atoms with Gasteiger partial charge in [-0.3, -0.25) is 4.79 Å². The first-order valence-corrected chi connectivity index (χ1v) is 4.24. The molecular formula is C9H14N2O3. The summed E-state index contributed by atoms with van der Waals surface area (Å²) in [6, 6.07) is -1.37. The van der Waals surface area contributed by atoms with Gasteiger partial charge in [-0.2, -0.15) is 0 Å². The van der Waals surface area contributed by atoms with E-state index in [9.17, 15) is 9.59 Å². The SMILES string of the molecule is C#CCN(CC)C(=O)NC(C)C(=O)O. The van der Waals surface area contributed by atoms with Crippen molar-refractivity contribution in [1.82, 2.24) is 10.2 Å². The minimum Gasteiger partial charge on any atom is -0.480 e. The third-order valence-corrected chi connectivity index (χ3v) is 1.66. The predicted octanol–water partition coefficient (Wildman–Crippen LogP) is 0.124. The number of aliphatic carboxylic acids is 1. The first-order valence-electron chi connectivity index (χ1n) is 4.24. The Bertz CT molecular complexity index is 257. The zero-order chi connectivity index (χ0) is 11.1. The van der Waals surface area contributed by atoms with Gasteiger partial charge in [0.25, 0.3) is 0 Å². The maximum absolute atomic E-state index is 11.3. The standard InChI is InChI=1S/C9H14N2O3/c1-4-6-11(5-2)9(14)10-7(3)8(12)13/h1,7H,5-6H2,2-3H3,(H,10,14)(H,12,13). The van der Waals surface area contributed by atoms with Gasteiger partial charge in [-0.15, -0.1) is 6.42 Å². The molecule has 0 aliphatic carbocycles. The second-order valence-electron chi connectivity index (χ2n) is 2.73. The summed E-state index contributed by atoms with van der Waals surface area (Å²) in [5.74, 6) is 1.25. The smallest absolute Gasteiger partial charge is 0.325 e. The number of nitrogens with one attached hydrogen (secondary N) is 1. The number of carbonyl (C=O) groups excluding carboxylic acids is 1. The van der Waals surface area contributed by atoms with Gasteiger partial charge in [-0.1, -0.05) is 5.92 Å². The van der Waals surface area contributed by atoms with Crippen LogP contribution in [-0.2, 0) is 4.79 Å². The van der Waals surface area contributed by atoms with Crippen LogP contribution >= 0.6 is 0 Å². The lowest BCUT2D eigenvalue weighted by Gasteiger charge is -2.20. The van der Waals surface area contributed by atoms with E-state index in [1.54, 1.807) is 6.92 Å². The summed E-state index contributed by atoms with van der Waals surface area (Å²) in [5, 5.41) is 10.8. The first-order chi connectivity index (χ1) is 6.52. The van der Waals surface area contributed by atoms with Gasteiger partial charge in [0.15, 0.2) is 0 Å². The Morgan fingerprint density at radius 2 is 2.21 bits per heavy atom. The number of carboxylic acids is 1. The van der Waals surface area contributed by atoms with E-state index in [1.807, 2.05) is 0 Å². The second kappa shape index (κ2) is 5.86. The van der Waals surface area contributed by atoms with Crippen LogP contribution in [-0.4, -0.2) is 41.1 Å². The molecule has 0 aliphatic heterocycles. The van der Waals surface area contributed by atoms with Crippen molar-refractivity contribution < 1.29 is 14.7 Å². The van der Waals surface area contributed by atoms with Crippen LogP contribution in [0.3, 0.4) is 0 Å². The van der Waals surface area contributed by atoms with E-state index in [4.69, 9.17) is 11.5 Å². The number of carboxylic acid groups (broad SMARTS) is 1. The molecule has 0 bridgehead atoms. The Balaban J connectivity index is 4.18. The number of terminal acetylenes is 1. The van der Waals surface area contributed by atoms with Gasteiger partial charge in [-0.05, 0) is 13.8 Å². The summed E-state index contributed by atoms with van der Waals surface area (Å²) in [6.07, 6.45) is 5.05. The minimum absolute atomic E-state index is 0.175. The van der Waals surface area contributed by atoms with Gasteiger partial charge in [0.2, 0.25) is 0 Å². The summed E-state index contributed by atoms with van der Waals surface area (Å²) in [6.45, 7) is 3.78. The topological polar surface area (TPSA) is 69.6 Å². The van der Waals surface area contributed by atoms with Gasteiger partial charge >= 0.3 is 12.0 Å².